The summed E-state index contributed by atoms with van der Waals surface area (Å²) in [6, 6.07) is 4.81. The van der Waals surface area contributed by atoms with Gasteiger partial charge in [-0.2, -0.15) is 0 Å². The summed E-state index contributed by atoms with van der Waals surface area (Å²) >= 11 is 0. The lowest BCUT2D eigenvalue weighted by Crippen LogP contribution is -2.14. The van der Waals surface area contributed by atoms with Crippen LogP contribution in [0.25, 0.3) is 0 Å². The monoisotopic (exact) mass is 283 g/mol. The summed E-state index contributed by atoms with van der Waals surface area (Å²) < 4.78 is 51.7. The molecule has 20 heavy (non-hydrogen) atoms. The fourth-order valence-corrected chi connectivity index (χ4v) is 1.71. The number of amides is 1. The summed E-state index contributed by atoms with van der Waals surface area (Å²) in [5.74, 6) is -5.60. The van der Waals surface area contributed by atoms with Crippen LogP contribution in [0.4, 0.5) is 23.2 Å². The summed E-state index contributed by atoms with van der Waals surface area (Å²) in [4.78, 5) is 11.9. The summed E-state index contributed by atoms with van der Waals surface area (Å²) in [5.41, 5.74) is 0.289. The molecule has 0 heterocycles. The number of halogens is 4. The highest BCUT2D eigenvalue weighted by Gasteiger charge is 2.14. The van der Waals surface area contributed by atoms with E-state index in [2.05, 4.69) is 5.32 Å². The van der Waals surface area contributed by atoms with Crippen molar-refractivity contribution in [1.82, 2.24) is 0 Å². The molecule has 0 aliphatic heterocycles. The number of benzene rings is 2. The minimum absolute atomic E-state index is 0.150. The average molecular weight is 283 g/mol. The summed E-state index contributed by atoms with van der Waals surface area (Å²) in [7, 11) is 0. The van der Waals surface area contributed by atoms with Crippen molar-refractivity contribution in [2.45, 2.75) is 6.92 Å². The molecule has 0 aromatic heterocycles. The van der Waals surface area contributed by atoms with Crippen LogP contribution in [0.1, 0.15) is 15.9 Å². The van der Waals surface area contributed by atoms with E-state index >= 15 is 0 Å². The van der Waals surface area contributed by atoms with Gasteiger partial charge in [0.25, 0.3) is 5.91 Å². The zero-order valence-electron chi connectivity index (χ0n) is 10.3. The fraction of sp³-hybridized carbons (Fsp3) is 0.0714. The molecule has 6 heteroatoms. The molecule has 2 rings (SSSR count). The van der Waals surface area contributed by atoms with E-state index in [-0.39, 0.29) is 11.3 Å². The number of hydrogen-bond acceptors (Lipinski definition) is 1. The van der Waals surface area contributed by atoms with Crippen molar-refractivity contribution in [1.29, 1.82) is 0 Å². The van der Waals surface area contributed by atoms with Crippen LogP contribution < -0.4 is 5.32 Å². The third-order valence-corrected chi connectivity index (χ3v) is 2.67. The van der Waals surface area contributed by atoms with Crippen molar-refractivity contribution in [2.24, 2.45) is 0 Å². The van der Waals surface area contributed by atoms with Crippen LogP contribution in [0.15, 0.2) is 30.3 Å². The van der Waals surface area contributed by atoms with Gasteiger partial charge in [0, 0.05) is 23.4 Å². The molecule has 0 aliphatic rings. The average Bonchev–Trinajstić information content (AvgIpc) is 2.35. The molecule has 0 bridgehead atoms. The molecule has 0 spiro atoms. The lowest BCUT2D eigenvalue weighted by atomic mass is 10.1. The van der Waals surface area contributed by atoms with Crippen molar-refractivity contribution in [3.63, 3.8) is 0 Å². The van der Waals surface area contributed by atoms with E-state index in [1.54, 1.807) is 0 Å². The van der Waals surface area contributed by atoms with Crippen molar-refractivity contribution < 1.29 is 22.4 Å². The van der Waals surface area contributed by atoms with Crippen LogP contribution in [0.3, 0.4) is 0 Å². The third-order valence-electron chi connectivity index (χ3n) is 2.67. The molecule has 1 amide bonds. The molecule has 0 radical (unpaired) electrons. The molecule has 0 aliphatic carbocycles. The molecule has 2 aromatic rings. The second kappa shape index (κ2) is 5.32. The van der Waals surface area contributed by atoms with Crippen LogP contribution in [-0.2, 0) is 0 Å². The maximum atomic E-state index is 13.0. The van der Waals surface area contributed by atoms with Crippen molar-refractivity contribution in [2.75, 3.05) is 5.32 Å². The Morgan fingerprint density at radius 3 is 2.15 bits per heavy atom. The topological polar surface area (TPSA) is 29.1 Å². The Balaban J connectivity index is 2.28. The van der Waals surface area contributed by atoms with Crippen LogP contribution in [0.2, 0.25) is 0 Å². The second-order valence-electron chi connectivity index (χ2n) is 4.17. The van der Waals surface area contributed by atoms with Crippen LogP contribution in [0, 0.1) is 30.2 Å². The lowest BCUT2D eigenvalue weighted by molar-refractivity contribution is 0.102. The molecule has 0 atom stereocenters. The van der Waals surface area contributed by atoms with Gasteiger partial charge in [-0.3, -0.25) is 4.79 Å². The van der Waals surface area contributed by atoms with Gasteiger partial charge in [0.2, 0.25) is 0 Å². The smallest absolute Gasteiger partial charge is 0.255 e. The van der Waals surface area contributed by atoms with Gasteiger partial charge in [0.05, 0.1) is 0 Å². The summed E-state index contributed by atoms with van der Waals surface area (Å²) in [5, 5.41) is 2.22. The zero-order valence-corrected chi connectivity index (χ0v) is 10.3. The van der Waals surface area contributed by atoms with Crippen molar-refractivity contribution in [3.8, 4) is 0 Å². The van der Waals surface area contributed by atoms with E-state index < -0.39 is 29.2 Å². The largest absolute Gasteiger partial charge is 0.322 e. The van der Waals surface area contributed by atoms with Gasteiger partial charge in [-0.05, 0) is 30.7 Å². The van der Waals surface area contributed by atoms with Gasteiger partial charge in [-0.1, -0.05) is 0 Å². The van der Waals surface area contributed by atoms with E-state index in [0.717, 1.165) is 12.1 Å². The van der Waals surface area contributed by atoms with Gasteiger partial charge < -0.3 is 5.32 Å². The second-order valence-corrected chi connectivity index (χ2v) is 4.17. The summed E-state index contributed by atoms with van der Waals surface area (Å²) in [6.45, 7) is 1.52. The highest BCUT2D eigenvalue weighted by Crippen LogP contribution is 2.19. The minimum atomic E-state index is -1.61. The Morgan fingerprint density at radius 1 is 1.00 bits per heavy atom. The number of aryl methyl sites for hydroxylation is 1. The highest BCUT2D eigenvalue weighted by atomic mass is 19.2. The fourth-order valence-electron chi connectivity index (χ4n) is 1.71. The van der Waals surface area contributed by atoms with E-state index in [9.17, 15) is 22.4 Å². The van der Waals surface area contributed by atoms with Crippen LogP contribution >= 0.6 is 0 Å². The number of hydrogen-bond donors (Lipinski definition) is 1. The van der Waals surface area contributed by atoms with Crippen molar-refractivity contribution in [3.05, 3.63) is 64.7 Å². The Kier molecular flexibility index (Phi) is 3.74. The van der Waals surface area contributed by atoms with Crippen LogP contribution in [0.5, 0.6) is 0 Å². The molecule has 0 unspecified atom stereocenters. The van der Waals surface area contributed by atoms with E-state index in [4.69, 9.17) is 0 Å². The first-order chi connectivity index (χ1) is 9.38. The Hall–Kier alpha value is -2.37. The number of anilines is 1. The molecule has 2 aromatic carbocycles. The Labute approximate surface area is 112 Å². The predicted octanol–water partition coefficient (Wildman–Crippen LogP) is 3.80. The molecular formula is C14H9F4NO. The van der Waals surface area contributed by atoms with E-state index in [1.807, 2.05) is 0 Å². The maximum Gasteiger partial charge on any atom is 0.255 e. The number of rotatable bonds is 2. The Bertz CT molecular complexity index is 662. The first kappa shape index (κ1) is 14.0. The molecule has 0 saturated carbocycles. The van der Waals surface area contributed by atoms with Gasteiger partial charge in [-0.15, -0.1) is 0 Å². The van der Waals surface area contributed by atoms with Crippen LogP contribution in [-0.4, -0.2) is 5.91 Å². The summed E-state index contributed by atoms with van der Waals surface area (Å²) in [6.07, 6.45) is 0. The first-order valence-corrected chi connectivity index (χ1v) is 5.60. The molecule has 0 saturated heterocycles. The Morgan fingerprint density at radius 2 is 1.60 bits per heavy atom. The van der Waals surface area contributed by atoms with Crippen molar-refractivity contribution >= 4 is 11.6 Å². The molecule has 104 valence electrons. The quantitative estimate of drug-likeness (QED) is 0.659. The van der Waals surface area contributed by atoms with E-state index in [1.165, 1.54) is 13.0 Å². The molecule has 2 nitrogen and oxygen atoms in total. The third kappa shape index (κ3) is 2.79. The zero-order chi connectivity index (χ0) is 14.9. The number of carbonyl (C=O) groups is 1. The molecule has 0 fully saturated rings. The standard InChI is InChI=1S/C14H9F4NO/c1-7-4-8(15)2-3-10(7)14(20)19-9-5-11(16)13(18)12(17)6-9/h2-6H,1H3,(H,19,20). The first-order valence-electron chi connectivity index (χ1n) is 5.60. The van der Waals surface area contributed by atoms with E-state index in [0.29, 0.717) is 17.7 Å². The van der Waals surface area contributed by atoms with Gasteiger partial charge >= 0.3 is 0 Å². The lowest BCUT2D eigenvalue weighted by Gasteiger charge is -2.08. The maximum absolute atomic E-state index is 13.0. The SMILES string of the molecule is Cc1cc(F)ccc1C(=O)Nc1cc(F)c(F)c(F)c1. The van der Waals surface area contributed by atoms with Gasteiger partial charge in [0.1, 0.15) is 5.82 Å². The predicted molar refractivity (Wildman–Crippen MR) is 65.4 cm³/mol. The van der Waals surface area contributed by atoms with Gasteiger partial charge in [0.15, 0.2) is 17.5 Å². The number of carbonyl (C=O) groups excluding carboxylic acids is 1. The minimum Gasteiger partial charge on any atom is -0.322 e. The molecule has 1 N–H and O–H groups in total. The van der Waals surface area contributed by atoms with Gasteiger partial charge in [-0.25, -0.2) is 17.6 Å². The number of nitrogens with one attached hydrogen (secondary N) is 1. The molecular weight excluding hydrogens is 274 g/mol. The normalized spacial score (nSPS) is 10.4. The highest BCUT2D eigenvalue weighted by molar-refractivity contribution is 6.05.